The van der Waals surface area contributed by atoms with Crippen LogP contribution < -0.4 is 16.0 Å². The van der Waals surface area contributed by atoms with E-state index in [0.717, 1.165) is 20.8 Å². The second kappa shape index (κ2) is 18.3. The molecular formula is C30H47N3O22. The number of hydrogen-bond acceptors (Lipinski definition) is 20. The van der Waals surface area contributed by atoms with Gasteiger partial charge in [-0.1, -0.05) is 0 Å². The zero-order valence-electron chi connectivity index (χ0n) is 29.6. The number of rotatable bonds is 12. The molecule has 4 fully saturated rings. The Morgan fingerprint density at radius 1 is 0.527 bits per heavy atom. The Labute approximate surface area is 310 Å². The molecule has 0 aromatic carbocycles. The number of aliphatic hydroxyl groups excluding tert-OH is 8. The van der Waals surface area contributed by atoms with E-state index < -0.39 is 159 Å². The normalized spacial score (nSPS) is 44.9. The van der Waals surface area contributed by atoms with Crippen molar-refractivity contribution in [2.75, 3.05) is 6.61 Å². The number of amides is 3. The van der Waals surface area contributed by atoms with Crippen LogP contribution in [0.3, 0.4) is 0 Å². The molecule has 314 valence electrons. The highest BCUT2D eigenvalue weighted by molar-refractivity contribution is 5.75. The van der Waals surface area contributed by atoms with Gasteiger partial charge in [0.15, 0.2) is 37.4 Å². The minimum Gasteiger partial charge on any atom is -0.479 e. The monoisotopic (exact) mass is 801 g/mol. The summed E-state index contributed by atoms with van der Waals surface area (Å²) >= 11 is 0. The second-order valence-corrected chi connectivity index (χ2v) is 13.4. The molecule has 0 radical (unpaired) electrons. The average molecular weight is 802 g/mol. The van der Waals surface area contributed by atoms with Gasteiger partial charge >= 0.3 is 11.9 Å². The van der Waals surface area contributed by atoms with E-state index in [-0.39, 0.29) is 0 Å². The van der Waals surface area contributed by atoms with Crippen LogP contribution >= 0.6 is 0 Å². The summed E-state index contributed by atoms with van der Waals surface area (Å²) in [5.74, 6) is -5.92. The molecule has 0 aliphatic carbocycles. The van der Waals surface area contributed by atoms with Crippen molar-refractivity contribution in [2.24, 2.45) is 0 Å². The highest BCUT2D eigenvalue weighted by Crippen LogP contribution is 2.34. The number of carbonyl (C=O) groups is 5. The quantitative estimate of drug-likeness (QED) is 0.0871. The predicted octanol–water partition coefficient (Wildman–Crippen LogP) is -8.11. The van der Waals surface area contributed by atoms with Crippen molar-refractivity contribution in [1.29, 1.82) is 0 Å². The SMILES string of the molecule is CC(=O)N[C@@H]1[C@@H](O[C@H]2O[C@H](C(=O)O)[C@H](O[C@@H]3O[C@H](CO)[C@H](O[C@H]4O[C@H](C(=O)O)[C@@H](O)[C@H](O)[C@H]4O)[C@H](O)[C@H]3NC(C)=O)[C@H](O)[C@H]2NC(C)=O)[C@H](O)[C@@H](C)O[C@@H]1O. The zero-order valence-corrected chi connectivity index (χ0v) is 29.6. The van der Waals surface area contributed by atoms with E-state index in [2.05, 4.69) is 16.0 Å². The van der Waals surface area contributed by atoms with Gasteiger partial charge in [-0.2, -0.15) is 0 Å². The molecule has 0 spiro atoms. The van der Waals surface area contributed by atoms with Gasteiger partial charge < -0.3 is 100 Å². The molecule has 4 rings (SSSR count). The van der Waals surface area contributed by atoms with E-state index in [1.807, 2.05) is 0 Å². The van der Waals surface area contributed by atoms with E-state index in [1.54, 1.807) is 0 Å². The van der Waals surface area contributed by atoms with Crippen molar-refractivity contribution >= 4 is 29.7 Å². The van der Waals surface area contributed by atoms with Crippen molar-refractivity contribution < 1.29 is 108 Å². The lowest BCUT2D eigenvalue weighted by Crippen LogP contribution is -2.71. The molecule has 55 heavy (non-hydrogen) atoms. The van der Waals surface area contributed by atoms with E-state index in [4.69, 9.17) is 33.2 Å². The molecule has 0 aromatic heterocycles. The second-order valence-electron chi connectivity index (χ2n) is 13.4. The number of carboxylic acid groups (broad SMARTS) is 2. The molecule has 13 N–H and O–H groups in total. The third kappa shape index (κ3) is 9.83. The van der Waals surface area contributed by atoms with Crippen molar-refractivity contribution in [2.45, 2.75) is 150 Å². The maximum atomic E-state index is 12.6. The summed E-state index contributed by atoms with van der Waals surface area (Å²) in [6, 6.07) is -4.97. The Kier molecular flexibility index (Phi) is 14.8. The third-order valence-electron chi connectivity index (χ3n) is 9.30. The highest BCUT2D eigenvalue weighted by atomic mass is 16.8. The molecule has 25 nitrogen and oxygen atoms in total. The van der Waals surface area contributed by atoms with Crippen LogP contribution in [0.25, 0.3) is 0 Å². The summed E-state index contributed by atoms with van der Waals surface area (Å²) in [5.41, 5.74) is 0. The van der Waals surface area contributed by atoms with E-state index in [9.17, 15) is 75.0 Å². The van der Waals surface area contributed by atoms with Gasteiger partial charge in [-0.05, 0) is 6.92 Å². The first-order valence-electron chi connectivity index (χ1n) is 16.9. The maximum Gasteiger partial charge on any atom is 0.335 e. The van der Waals surface area contributed by atoms with E-state index in [1.165, 1.54) is 6.92 Å². The summed E-state index contributed by atoms with van der Waals surface area (Å²) < 4.78 is 38.9. The minimum atomic E-state index is -2.23. The van der Waals surface area contributed by atoms with Crippen LogP contribution in [0.4, 0.5) is 0 Å². The van der Waals surface area contributed by atoms with Crippen LogP contribution in [0.15, 0.2) is 0 Å². The van der Waals surface area contributed by atoms with Gasteiger partial charge in [-0.3, -0.25) is 14.4 Å². The molecule has 0 bridgehead atoms. The first-order valence-corrected chi connectivity index (χ1v) is 16.9. The van der Waals surface area contributed by atoms with Gasteiger partial charge in [0.1, 0.15) is 79.2 Å². The Bertz CT molecular complexity index is 1390. The molecule has 0 unspecified atom stereocenters. The molecule has 25 heteroatoms. The Morgan fingerprint density at radius 2 is 0.982 bits per heavy atom. The third-order valence-corrected chi connectivity index (χ3v) is 9.30. The van der Waals surface area contributed by atoms with Crippen molar-refractivity contribution in [3.63, 3.8) is 0 Å². The molecule has 20 atom stereocenters. The van der Waals surface area contributed by atoms with Gasteiger partial charge in [-0.25, -0.2) is 9.59 Å². The zero-order chi connectivity index (χ0) is 41.2. The summed E-state index contributed by atoms with van der Waals surface area (Å²) in [6.07, 6.45) is -32.5. The smallest absolute Gasteiger partial charge is 0.335 e. The summed E-state index contributed by atoms with van der Waals surface area (Å²) in [7, 11) is 0. The van der Waals surface area contributed by atoms with E-state index in [0.29, 0.717) is 0 Å². The predicted molar refractivity (Wildman–Crippen MR) is 168 cm³/mol. The molecule has 4 saturated heterocycles. The van der Waals surface area contributed by atoms with Crippen LogP contribution in [0.2, 0.25) is 0 Å². The lowest BCUT2D eigenvalue weighted by Gasteiger charge is -2.50. The Morgan fingerprint density at radius 3 is 1.49 bits per heavy atom. The lowest BCUT2D eigenvalue weighted by atomic mass is 9.93. The fraction of sp³-hybridized carbons (Fsp3) is 0.833. The number of aliphatic carboxylic acids is 2. The number of nitrogens with one attached hydrogen (secondary N) is 3. The fourth-order valence-corrected chi connectivity index (χ4v) is 6.66. The van der Waals surface area contributed by atoms with Gasteiger partial charge in [0.2, 0.25) is 17.7 Å². The number of ether oxygens (including phenoxy) is 7. The van der Waals surface area contributed by atoms with E-state index >= 15 is 0 Å². The molecule has 4 aliphatic rings. The molecule has 0 saturated carbocycles. The van der Waals surface area contributed by atoms with Gasteiger partial charge in [0, 0.05) is 20.8 Å². The molecule has 0 aromatic rings. The molecule has 4 aliphatic heterocycles. The van der Waals surface area contributed by atoms with Crippen LogP contribution in [-0.2, 0) is 57.1 Å². The number of hydrogen-bond donors (Lipinski definition) is 13. The van der Waals surface area contributed by atoms with Gasteiger partial charge in [0.25, 0.3) is 0 Å². The summed E-state index contributed by atoms with van der Waals surface area (Å²) in [6.45, 7) is 3.41. The van der Waals surface area contributed by atoms with Crippen LogP contribution in [0.5, 0.6) is 0 Å². The van der Waals surface area contributed by atoms with Crippen LogP contribution in [-0.4, -0.2) is 210 Å². The van der Waals surface area contributed by atoms with Crippen LogP contribution in [0.1, 0.15) is 27.7 Å². The first kappa shape index (κ1) is 44.5. The molecule has 4 heterocycles. The number of carboxylic acids is 2. The maximum absolute atomic E-state index is 12.6. The van der Waals surface area contributed by atoms with Gasteiger partial charge in [-0.15, -0.1) is 0 Å². The van der Waals surface area contributed by atoms with Crippen molar-refractivity contribution in [3.8, 4) is 0 Å². The average Bonchev–Trinajstić information content (AvgIpc) is 3.09. The highest BCUT2D eigenvalue weighted by Gasteiger charge is 2.57. The topological polar surface area (TPSA) is 388 Å². The standard InChI is InChI=1S/C30H47N3O22/c1-6-14(38)21(13(27(48)49-6)33-9(4)37)52-29-12(32-8(3)36)16(40)22(24(55-29)26(46)47)53-28-11(31-7(2)35)15(39)20(10(5-34)50-28)51-30-19(43)17(41)18(42)23(54-30)25(44)45/h6,10-24,27-30,34,38-43,48H,5H2,1-4H3,(H,31,35)(H,32,36)(H,33,37)(H,44,45)(H,46,47)/t6-,10-,11-,12-,13-,14-,15-,16-,17+,18+,19-,20+,21-,22-,23+,24+,27+,28+,29+,30+/m1/s1. The number of carbonyl (C=O) groups excluding carboxylic acids is 3. The van der Waals surface area contributed by atoms with Crippen molar-refractivity contribution in [3.05, 3.63) is 0 Å². The summed E-state index contributed by atoms with van der Waals surface area (Å²) in [4.78, 5) is 60.7. The summed E-state index contributed by atoms with van der Waals surface area (Å²) in [5, 5.41) is 112. The lowest BCUT2D eigenvalue weighted by molar-refractivity contribution is -0.361. The Hall–Kier alpha value is -3.25. The fourth-order valence-electron chi connectivity index (χ4n) is 6.66. The molecular weight excluding hydrogens is 754 g/mol. The molecule has 3 amide bonds. The Balaban J connectivity index is 1.63. The largest absolute Gasteiger partial charge is 0.479 e. The minimum absolute atomic E-state index is 0.691. The first-order chi connectivity index (χ1) is 25.7. The van der Waals surface area contributed by atoms with Gasteiger partial charge in [0.05, 0.1) is 12.7 Å². The van der Waals surface area contributed by atoms with Crippen LogP contribution in [0, 0.1) is 0 Å². The van der Waals surface area contributed by atoms with Crippen molar-refractivity contribution in [1.82, 2.24) is 16.0 Å². The number of aliphatic hydroxyl groups is 8.